The van der Waals surface area contributed by atoms with Crippen molar-refractivity contribution in [2.75, 3.05) is 24.3 Å². The number of aliphatic imine (C=N–C) groups is 1. The average molecular weight is 455 g/mol. The van der Waals surface area contributed by atoms with Crippen molar-refractivity contribution in [3.63, 3.8) is 0 Å². The summed E-state index contributed by atoms with van der Waals surface area (Å²) in [5.74, 6) is -0.245. The Bertz CT molecular complexity index is 1010. The largest absolute Gasteiger partial charge is 0.381 e. The first-order chi connectivity index (χ1) is 13.9. The van der Waals surface area contributed by atoms with Crippen molar-refractivity contribution < 1.29 is 13.9 Å². The second kappa shape index (κ2) is 8.10. The van der Waals surface area contributed by atoms with E-state index in [1.165, 1.54) is 36.2 Å². The quantitative estimate of drug-likeness (QED) is 0.729. The number of ether oxygens (including phenoxy) is 1. The van der Waals surface area contributed by atoms with Crippen LogP contribution in [0.15, 0.2) is 35.5 Å². The van der Waals surface area contributed by atoms with Crippen molar-refractivity contribution in [2.45, 2.75) is 12.0 Å². The number of halogens is 3. The van der Waals surface area contributed by atoms with Gasteiger partial charge in [0.25, 0.3) is 5.91 Å². The summed E-state index contributed by atoms with van der Waals surface area (Å²) in [5, 5.41) is 3.59. The molecule has 2 aliphatic rings. The minimum absolute atomic E-state index is 0.0126. The summed E-state index contributed by atoms with van der Waals surface area (Å²) in [6, 6.07) is 5.83. The number of nitrogens with one attached hydrogen (secondary N) is 1. The van der Waals surface area contributed by atoms with Gasteiger partial charge in [0.2, 0.25) is 0 Å². The highest BCUT2D eigenvalue weighted by Gasteiger charge is 2.47. The van der Waals surface area contributed by atoms with Crippen molar-refractivity contribution >= 4 is 51.7 Å². The van der Waals surface area contributed by atoms with Crippen LogP contribution < -0.4 is 11.1 Å². The molecule has 3 N–H and O–H groups in total. The fourth-order valence-electron chi connectivity index (χ4n) is 3.66. The van der Waals surface area contributed by atoms with Crippen LogP contribution in [0.3, 0.4) is 0 Å². The highest BCUT2D eigenvalue weighted by atomic mass is 35.5. The summed E-state index contributed by atoms with van der Waals surface area (Å²) in [4.78, 5) is 21.2. The molecule has 0 aliphatic carbocycles. The van der Waals surface area contributed by atoms with E-state index in [0.717, 1.165) is 0 Å². The first-order valence-corrected chi connectivity index (χ1v) is 10.6. The van der Waals surface area contributed by atoms with Gasteiger partial charge in [-0.25, -0.2) is 9.37 Å². The monoisotopic (exact) mass is 454 g/mol. The van der Waals surface area contributed by atoms with Crippen molar-refractivity contribution in [2.24, 2.45) is 16.6 Å². The molecule has 1 aromatic heterocycles. The molecule has 2 atom stereocenters. The van der Waals surface area contributed by atoms with Crippen LogP contribution in [0.25, 0.3) is 0 Å². The molecule has 0 spiro atoms. The lowest BCUT2D eigenvalue weighted by Crippen LogP contribution is -2.47. The highest BCUT2D eigenvalue weighted by molar-refractivity contribution is 8.13. The van der Waals surface area contributed by atoms with Crippen molar-refractivity contribution in [1.29, 1.82) is 0 Å². The number of amidine groups is 1. The number of thioether (sulfide) groups is 1. The van der Waals surface area contributed by atoms with E-state index in [9.17, 15) is 9.18 Å². The summed E-state index contributed by atoms with van der Waals surface area (Å²) < 4.78 is 20.5. The molecule has 2 aliphatic heterocycles. The van der Waals surface area contributed by atoms with Gasteiger partial charge >= 0.3 is 0 Å². The smallest absolute Gasteiger partial charge is 0.275 e. The normalized spacial score (nSPS) is 23.8. The molecule has 29 heavy (non-hydrogen) atoms. The first-order valence-electron chi connectivity index (χ1n) is 8.87. The number of anilines is 1. The van der Waals surface area contributed by atoms with E-state index < -0.39 is 17.3 Å². The maximum Gasteiger partial charge on any atom is 0.275 e. The standard InChI is InChI=1S/C19H17Cl2FN4O2S/c20-11-5-14(21)16(24-7-11)17(27)25-12-1-2-15(22)13(6-12)19-3-4-28-8-10(19)9-29-18(23)26-19/h1-2,5-7,10H,3-4,8-9H2,(H2,23,26)(H,25,27). The summed E-state index contributed by atoms with van der Waals surface area (Å²) in [6.45, 7) is 0.933. The van der Waals surface area contributed by atoms with Gasteiger partial charge in [-0.1, -0.05) is 35.0 Å². The second-order valence-electron chi connectivity index (χ2n) is 6.84. The van der Waals surface area contributed by atoms with Crippen LogP contribution >= 0.6 is 35.0 Å². The maximum absolute atomic E-state index is 14.9. The van der Waals surface area contributed by atoms with Gasteiger partial charge in [-0.3, -0.25) is 9.79 Å². The number of hydrogen-bond acceptors (Lipinski definition) is 6. The van der Waals surface area contributed by atoms with Gasteiger partial charge in [-0.05, 0) is 24.3 Å². The van der Waals surface area contributed by atoms with E-state index in [1.54, 1.807) is 6.07 Å². The molecule has 6 nitrogen and oxygen atoms in total. The third-order valence-electron chi connectivity index (χ3n) is 5.08. The van der Waals surface area contributed by atoms with E-state index >= 15 is 0 Å². The number of carbonyl (C=O) groups is 1. The lowest BCUT2D eigenvalue weighted by Gasteiger charge is -2.44. The third kappa shape index (κ3) is 3.94. The first kappa shape index (κ1) is 20.4. The summed E-state index contributed by atoms with van der Waals surface area (Å²) in [5.41, 5.74) is 6.00. The summed E-state index contributed by atoms with van der Waals surface area (Å²) in [7, 11) is 0. The minimum atomic E-state index is -0.811. The summed E-state index contributed by atoms with van der Waals surface area (Å²) in [6.07, 6.45) is 1.85. The number of carbonyl (C=O) groups excluding carboxylic acids is 1. The van der Waals surface area contributed by atoms with Gasteiger partial charge in [-0.15, -0.1) is 0 Å². The lowest BCUT2D eigenvalue weighted by molar-refractivity contribution is 0.00886. The Kier molecular flexibility index (Phi) is 5.70. The highest BCUT2D eigenvalue weighted by Crippen LogP contribution is 2.46. The van der Waals surface area contributed by atoms with Gasteiger partial charge in [0.05, 0.1) is 22.2 Å². The Morgan fingerprint density at radius 2 is 2.21 bits per heavy atom. The fourth-order valence-corrected chi connectivity index (χ4v) is 5.10. The number of rotatable bonds is 3. The van der Waals surface area contributed by atoms with Crippen LogP contribution in [0.4, 0.5) is 10.1 Å². The average Bonchev–Trinajstić information content (AvgIpc) is 2.69. The van der Waals surface area contributed by atoms with Crippen molar-refractivity contribution in [1.82, 2.24) is 4.98 Å². The number of nitrogens with zero attached hydrogens (tertiary/aromatic N) is 2. The van der Waals surface area contributed by atoms with Gasteiger partial charge in [0, 0.05) is 42.1 Å². The molecule has 1 amide bonds. The van der Waals surface area contributed by atoms with Gasteiger partial charge in [0.15, 0.2) is 5.17 Å². The zero-order valence-electron chi connectivity index (χ0n) is 15.1. The third-order valence-corrected chi connectivity index (χ3v) is 6.53. The fraction of sp³-hybridized carbons (Fsp3) is 0.316. The molecule has 1 saturated heterocycles. The Hall–Kier alpha value is -1.87. The molecule has 1 aromatic carbocycles. The van der Waals surface area contributed by atoms with E-state index in [4.69, 9.17) is 33.7 Å². The number of pyridine rings is 1. The molecule has 2 aromatic rings. The van der Waals surface area contributed by atoms with Gasteiger partial charge in [-0.2, -0.15) is 0 Å². The molecule has 3 heterocycles. The Balaban J connectivity index is 1.69. The maximum atomic E-state index is 14.9. The van der Waals surface area contributed by atoms with Gasteiger partial charge < -0.3 is 15.8 Å². The zero-order chi connectivity index (χ0) is 20.6. The Morgan fingerprint density at radius 3 is 3.00 bits per heavy atom. The molecule has 1 fully saturated rings. The number of aromatic nitrogens is 1. The van der Waals surface area contributed by atoms with E-state index in [-0.39, 0.29) is 16.6 Å². The Labute approximate surface area is 181 Å². The molecule has 0 radical (unpaired) electrons. The number of nitrogens with two attached hydrogens (primary N) is 1. The Morgan fingerprint density at radius 1 is 1.38 bits per heavy atom. The van der Waals surface area contributed by atoms with E-state index in [2.05, 4.69) is 15.3 Å². The molecular formula is C19H17Cl2FN4O2S. The number of hydrogen-bond donors (Lipinski definition) is 2. The van der Waals surface area contributed by atoms with Crippen LogP contribution in [0.1, 0.15) is 22.5 Å². The number of fused-ring (bicyclic) bond motifs is 1. The number of benzene rings is 1. The summed E-state index contributed by atoms with van der Waals surface area (Å²) >= 11 is 13.3. The zero-order valence-corrected chi connectivity index (χ0v) is 17.5. The molecule has 0 saturated carbocycles. The van der Waals surface area contributed by atoms with Crippen molar-refractivity contribution in [3.05, 3.63) is 57.6 Å². The van der Waals surface area contributed by atoms with Crippen LogP contribution in [0.2, 0.25) is 10.0 Å². The van der Waals surface area contributed by atoms with Crippen LogP contribution in [-0.4, -0.2) is 35.0 Å². The van der Waals surface area contributed by atoms with Crippen molar-refractivity contribution in [3.8, 4) is 0 Å². The number of amides is 1. The van der Waals surface area contributed by atoms with E-state index in [0.29, 0.717) is 46.8 Å². The molecule has 152 valence electrons. The predicted octanol–water partition coefficient (Wildman–Crippen LogP) is 4.07. The molecule has 10 heteroatoms. The topological polar surface area (TPSA) is 89.6 Å². The van der Waals surface area contributed by atoms with Gasteiger partial charge in [0.1, 0.15) is 11.5 Å². The van der Waals surface area contributed by atoms with Crippen LogP contribution in [0, 0.1) is 11.7 Å². The van der Waals surface area contributed by atoms with E-state index in [1.807, 2.05) is 0 Å². The molecule has 0 bridgehead atoms. The van der Waals surface area contributed by atoms with Crippen LogP contribution in [-0.2, 0) is 10.3 Å². The minimum Gasteiger partial charge on any atom is -0.381 e. The molecular weight excluding hydrogens is 438 g/mol. The predicted molar refractivity (Wildman–Crippen MR) is 113 cm³/mol. The second-order valence-corrected chi connectivity index (χ2v) is 8.72. The molecule has 2 unspecified atom stereocenters. The lowest BCUT2D eigenvalue weighted by atomic mass is 9.75. The molecule has 4 rings (SSSR count). The van der Waals surface area contributed by atoms with Crippen LogP contribution in [0.5, 0.6) is 0 Å². The SMILES string of the molecule is NC1=NC2(c3cc(NC(=O)c4ncc(Cl)cc4Cl)ccc3F)CCOCC2CS1.